The smallest absolute Gasteiger partial charge is 0.209 e. The van der Waals surface area contributed by atoms with Gasteiger partial charge in [-0.3, -0.25) is 4.90 Å². The monoisotopic (exact) mass is 345 g/mol. The summed E-state index contributed by atoms with van der Waals surface area (Å²) >= 11 is 5.93. The molecule has 0 amide bonds. The van der Waals surface area contributed by atoms with Crippen molar-refractivity contribution in [3.05, 3.63) is 34.9 Å². The van der Waals surface area contributed by atoms with Crippen LogP contribution in [0.1, 0.15) is 24.9 Å². The van der Waals surface area contributed by atoms with Gasteiger partial charge in [-0.1, -0.05) is 23.7 Å². The van der Waals surface area contributed by atoms with Crippen molar-refractivity contribution < 1.29 is 8.42 Å². The van der Waals surface area contributed by atoms with Gasteiger partial charge in [-0.05, 0) is 37.6 Å². The Balaban J connectivity index is 1.78. The molecule has 0 unspecified atom stereocenters. The van der Waals surface area contributed by atoms with E-state index in [1.807, 2.05) is 12.1 Å². The first-order chi connectivity index (χ1) is 10.3. The van der Waals surface area contributed by atoms with Gasteiger partial charge in [-0.15, -0.1) is 0 Å². The lowest BCUT2D eigenvalue weighted by Gasteiger charge is -2.38. The SMILES string of the molecule is C[C@@H](c1ccc(Cl)cc1)N1CCN(CCCS(N)(=O)=O)CC1. The highest BCUT2D eigenvalue weighted by Crippen LogP contribution is 2.23. The van der Waals surface area contributed by atoms with Gasteiger partial charge in [0, 0.05) is 37.2 Å². The van der Waals surface area contributed by atoms with Gasteiger partial charge in [0.25, 0.3) is 0 Å². The molecule has 2 N–H and O–H groups in total. The number of hydrogen-bond acceptors (Lipinski definition) is 4. The maximum Gasteiger partial charge on any atom is 0.209 e. The van der Waals surface area contributed by atoms with E-state index in [2.05, 4.69) is 28.9 Å². The zero-order valence-corrected chi connectivity index (χ0v) is 14.5. The van der Waals surface area contributed by atoms with E-state index >= 15 is 0 Å². The van der Waals surface area contributed by atoms with Crippen LogP contribution in [0.15, 0.2) is 24.3 Å². The Labute approximate surface area is 138 Å². The van der Waals surface area contributed by atoms with Crippen LogP contribution in [0.4, 0.5) is 0 Å². The Morgan fingerprint density at radius 1 is 1.18 bits per heavy atom. The van der Waals surface area contributed by atoms with Gasteiger partial charge < -0.3 is 4.90 Å². The van der Waals surface area contributed by atoms with E-state index < -0.39 is 10.0 Å². The van der Waals surface area contributed by atoms with Crippen LogP contribution < -0.4 is 5.14 Å². The fourth-order valence-corrected chi connectivity index (χ4v) is 3.47. The average Bonchev–Trinajstić information content (AvgIpc) is 2.47. The zero-order valence-electron chi connectivity index (χ0n) is 12.9. The Hall–Kier alpha value is -0.660. The summed E-state index contributed by atoms with van der Waals surface area (Å²) in [6.45, 7) is 6.89. The summed E-state index contributed by atoms with van der Waals surface area (Å²) in [5, 5.41) is 5.78. The molecule has 1 saturated heterocycles. The largest absolute Gasteiger partial charge is 0.301 e. The topological polar surface area (TPSA) is 66.6 Å². The molecule has 5 nitrogen and oxygen atoms in total. The normalized spacial score (nSPS) is 19.2. The highest BCUT2D eigenvalue weighted by atomic mass is 35.5. The highest BCUT2D eigenvalue weighted by Gasteiger charge is 2.21. The van der Waals surface area contributed by atoms with Gasteiger partial charge in [0.1, 0.15) is 0 Å². The van der Waals surface area contributed by atoms with Crippen LogP contribution in [0.25, 0.3) is 0 Å². The van der Waals surface area contributed by atoms with Crippen LogP contribution in [0, 0.1) is 0 Å². The molecule has 0 spiro atoms. The number of hydrogen-bond donors (Lipinski definition) is 1. The molecule has 1 aromatic carbocycles. The van der Waals surface area contributed by atoms with Crippen LogP contribution in [0.2, 0.25) is 5.02 Å². The molecule has 1 aliphatic rings. The summed E-state index contributed by atoms with van der Waals surface area (Å²) in [6, 6.07) is 8.37. The number of piperazine rings is 1. The number of nitrogens with two attached hydrogens (primary N) is 1. The van der Waals surface area contributed by atoms with Gasteiger partial charge in [0.2, 0.25) is 10.0 Å². The molecular weight excluding hydrogens is 322 g/mol. The molecule has 124 valence electrons. The summed E-state index contributed by atoms with van der Waals surface area (Å²) in [6.07, 6.45) is 0.603. The van der Waals surface area contributed by atoms with Crippen molar-refractivity contribution in [2.75, 3.05) is 38.5 Å². The van der Waals surface area contributed by atoms with Crippen molar-refractivity contribution >= 4 is 21.6 Å². The molecule has 7 heteroatoms. The van der Waals surface area contributed by atoms with Crippen molar-refractivity contribution in [3.8, 4) is 0 Å². The van der Waals surface area contributed by atoms with E-state index in [1.165, 1.54) is 5.56 Å². The number of primary sulfonamides is 1. The third kappa shape index (κ3) is 5.52. The molecule has 0 aromatic heterocycles. The lowest BCUT2D eigenvalue weighted by Crippen LogP contribution is -2.47. The molecule has 1 atom stereocenters. The van der Waals surface area contributed by atoms with Crippen molar-refractivity contribution in [2.45, 2.75) is 19.4 Å². The minimum atomic E-state index is -3.34. The van der Waals surface area contributed by atoms with Crippen LogP contribution in [0.5, 0.6) is 0 Å². The molecule has 0 saturated carbocycles. The maximum atomic E-state index is 10.9. The predicted molar refractivity (Wildman–Crippen MR) is 90.5 cm³/mol. The molecule has 1 aromatic rings. The summed E-state index contributed by atoms with van der Waals surface area (Å²) in [4.78, 5) is 4.75. The van der Waals surface area contributed by atoms with Crippen molar-refractivity contribution in [1.29, 1.82) is 0 Å². The van der Waals surface area contributed by atoms with Crippen molar-refractivity contribution in [1.82, 2.24) is 9.80 Å². The molecule has 1 aliphatic heterocycles. The highest BCUT2D eigenvalue weighted by molar-refractivity contribution is 7.89. The fourth-order valence-electron chi connectivity index (χ4n) is 2.82. The number of benzene rings is 1. The summed E-state index contributed by atoms with van der Waals surface area (Å²) in [5.74, 6) is 0.0639. The fraction of sp³-hybridized carbons (Fsp3) is 0.600. The van der Waals surface area contributed by atoms with E-state index in [-0.39, 0.29) is 5.75 Å². The number of nitrogens with zero attached hydrogens (tertiary/aromatic N) is 2. The Morgan fingerprint density at radius 3 is 2.32 bits per heavy atom. The van der Waals surface area contributed by atoms with E-state index in [4.69, 9.17) is 16.7 Å². The van der Waals surface area contributed by atoms with Gasteiger partial charge in [0.05, 0.1) is 5.75 Å². The van der Waals surface area contributed by atoms with Crippen LogP contribution >= 0.6 is 11.6 Å². The minimum absolute atomic E-state index is 0.0639. The van der Waals surface area contributed by atoms with Gasteiger partial charge in [0.15, 0.2) is 0 Å². The Morgan fingerprint density at radius 2 is 1.77 bits per heavy atom. The number of halogens is 1. The second-order valence-corrected chi connectivity index (χ2v) is 8.00. The molecule has 0 bridgehead atoms. The maximum absolute atomic E-state index is 10.9. The van der Waals surface area contributed by atoms with Crippen LogP contribution in [-0.4, -0.2) is 56.7 Å². The summed E-state index contributed by atoms with van der Waals surface area (Å²) in [7, 11) is -3.34. The van der Waals surface area contributed by atoms with Crippen molar-refractivity contribution in [2.24, 2.45) is 5.14 Å². The Kier molecular flexibility index (Phi) is 6.23. The van der Waals surface area contributed by atoms with Gasteiger partial charge >= 0.3 is 0 Å². The van der Waals surface area contributed by atoms with E-state index in [0.29, 0.717) is 12.5 Å². The van der Waals surface area contributed by atoms with Gasteiger partial charge in [-0.2, -0.15) is 0 Å². The zero-order chi connectivity index (χ0) is 16.2. The molecule has 1 fully saturated rings. The third-order valence-electron chi connectivity index (χ3n) is 4.21. The lowest BCUT2D eigenvalue weighted by atomic mass is 10.1. The second kappa shape index (κ2) is 7.75. The molecule has 2 rings (SSSR count). The first-order valence-corrected chi connectivity index (χ1v) is 9.67. The minimum Gasteiger partial charge on any atom is -0.301 e. The van der Waals surface area contributed by atoms with E-state index in [9.17, 15) is 8.42 Å². The number of rotatable bonds is 6. The van der Waals surface area contributed by atoms with Gasteiger partial charge in [-0.25, -0.2) is 13.6 Å². The second-order valence-electron chi connectivity index (χ2n) is 5.83. The first-order valence-electron chi connectivity index (χ1n) is 7.57. The van der Waals surface area contributed by atoms with E-state index in [0.717, 1.165) is 37.7 Å². The quantitative estimate of drug-likeness (QED) is 0.852. The molecule has 22 heavy (non-hydrogen) atoms. The first kappa shape index (κ1) is 17.7. The molecule has 0 radical (unpaired) electrons. The number of sulfonamides is 1. The van der Waals surface area contributed by atoms with Crippen LogP contribution in [-0.2, 0) is 10.0 Å². The standard InChI is InChI=1S/C15H24ClN3O2S/c1-13(14-3-5-15(16)6-4-14)19-10-8-18(9-11-19)7-2-12-22(17,20)21/h3-6,13H,2,7-12H2,1H3,(H2,17,20,21)/t13-/m0/s1. The molecule has 0 aliphatic carbocycles. The summed E-state index contributed by atoms with van der Waals surface area (Å²) in [5.41, 5.74) is 1.27. The van der Waals surface area contributed by atoms with Crippen molar-refractivity contribution in [3.63, 3.8) is 0 Å². The average molecular weight is 346 g/mol. The Bertz CT molecular complexity index is 569. The predicted octanol–water partition coefficient (Wildman–Crippen LogP) is 1.70. The lowest BCUT2D eigenvalue weighted by molar-refractivity contribution is 0.102. The summed E-state index contributed by atoms with van der Waals surface area (Å²) < 4.78 is 21.9. The van der Waals surface area contributed by atoms with E-state index in [1.54, 1.807) is 0 Å². The third-order valence-corrected chi connectivity index (χ3v) is 5.32. The van der Waals surface area contributed by atoms with Crippen LogP contribution in [0.3, 0.4) is 0 Å². The molecule has 1 heterocycles. The molecular formula is C15H24ClN3O2S.